The van der Waals surface area contributed by atoms with Crippen molar-refractivity contribution in [2.45, 2.75) is 13.3 Å². The summed E-state index contributed by atoms with van der Waals surface area (Å²) in [5, 5.41) is 13.9. The van der Waals surface area contributed by atoms with Crippen LogP contribution < -0.4 is 0 Å². The Morgan fingerprint density at radius 3 is 3.08 bits per heavy atom. The highest BCUT2D eigenvalue weighted by Crippen LogP contribution is 2.24. The van der Waals surface area contributed by atoms with Crippen molar-refractivity contribution < 1.29 is 9.63 Å². The van der Waals surface area contributed by atoms with Crippen LogP contribution >= 0.6 is 0 Å². The summed E-state index contributed by atoms with van der Waals surface area (Å²) in [4.78, 5) is 0. The Bertz CT molecular complexity index is 406. The Morgan fingerprint density at radius 1 is 1.50 bits per heavy atom. The molecule has 0 bridgehead atoms. The van der Waals surface area contributed by atoms with E-state index in [9.17, 15) is 5.11 Å². The number of hydrogen-bond donors (Lipinski definition) is 1. The molecule has 1 aromatic carbocycles. The topological polar surface area (TPSA) is 46.3 Å². The lowest BCUT2D eigenvalue weighted by Crippen LogP contribution is -1.79. The first-order valence-electron chi connectivity index (χ1n) is 3.87. The molecular weight excluding hydrogens is 154 g/mol. The molecule has 1 N–H and O–H groups in total. The molecule has 2 rings (SSSR count). The molecule has 3 nitrogen and oxygen atoms in total. The molecule has 2 aromatic rings. The van der Waals surface area contributed by atoms with E-state index in [1.54, 1.807) is 12.3 Å². The summed E-state index contributed by atoms with van der Waals surface area (Å²) in [6, 6.07) is 3.49. The van der Waals surface area contributed by atoms with Crippen LogP contribution in [0.1, 0.15) is 12.5 Å². The van der Waals surface area contributed by atoms with Crippen molar-refractivity contribution in [1.82, 2.24) is 5.16 Å². The summed E-state index contributed by atoms with van der Waals surface area (Å²) in [7, 11) is 0. The zero-order valence-corrected chi connectivity index (χ0v) is 6.74. The first-order valence-corrected chi connectivity index (χ1v) is 3.87. The zero-order valence-electron chi connectivity index (χ0n) is 6.74. The van der Waals surface area contributed by atoms with Crippen LogP contribution in [0.15, 0.2) is 22.9 Å². The van der Waals surface area contributed by atoms with Crippen molar-refractivity contribution in [3.8, 4) is 5.75 Å². The van der Waals surface area contributed by atoms with Crippen LogP contribution in [-0.4, -0.2) is 10.3 Å². The van der Waals surface area contributed by atoms with Crippen molar-refractivity contribution in [1.29, 1.82) is 0 Å². The Kier molecular flexibility index (Phi) is 1.50. The first-order chi connectivity index (χ1) is 5.81. The van der Waals surface area contributed by atoms with Gasteiger partial charge in [-0.2, -0.15) is 0 Å². The van der Waals surface area contributed by atoms with Crippen molar-refractivity contribution in [3.63, 3.8) is 0 Å². The number of benzene rings is 1. The van der Waals surface area contributed by atoms with Gasteiger partial charge in [0.1, 0.15) is 5.75 Å². The lowest BCUT2D eigenvalue weighted by atomic mass is 10.1. The van der Waals surface area contributed by atoms with Gasteiger partial charge in [-0.05, 0) is 24.1 Å². The summed E-state index contributed by atoms with van der Waals surface area (Å²) in [5.41, 5.74) is 1.61. The van der Waals surface area contributed by atoms with Gasteiger partial charge >= 0.3 is 0 Å². The lowest BCUT2D eigenvalue weighted by Gasteiger charge is -1.98. The molecule has 1 heterocycles. The van der Waals surface area contributed by atoms with Crippen LogP contribution in [0, 0.1) is 0 Å². The molecule has 62 valence electrons. The predicted molar refractivity (Wildman–Crippen MR) is 45.1 cm³/mol. The zero-order chi connectivity index (χ0) is 8.55. The molecule has 0 saturated carbocycles. The number of fused-ring (bicyclic) bond motifs is 1. The summed E-state index contributed by atoms with van der Waals surface area (Å²) in [6.45, 7) is 1.98. The molecule has 0 spiro atoms. The van der Waals surface area contributed by atoms with E-state index < -0.39 is 0 Å². The Balaban J connectivity index is 2.73. The third kappa shape index (κ3) is 0.942. The van der Waals surface area contributed by atoms with Crippen molar-refractivity contribution >= 4 is 11.0 Å². The molecule has 0 atom stereocenters. The van der Waals surface area contributed by atoms with Gasteiger partial charge < -0.3 is 9.63 Å². The highest BCUT2D eigenvalue weighted by Gasteiger charge is 2.04. The minimum atomic E-state index is 0.313. The molecule has 0 unspecified atom stereocenters. The van der Waals surface area contributed by atoms with E-state index in [4.69, 9.17) is 4.52 Å². The molecule has 0 radical (unpaired) electrons. The number of nitrogens with zero attached hydrogens (tertiary/aromatic N) is 1. The maximum absolute atomic E-state index is 9.46. The van der Waals surface area contributed by atoms with Crippen LogP contribution in [0.4, 0.5) is 0 Å². The third-order valence-electron chi connectivity index (χ3n) is 1.93. The summed E-state index contributed by atoms with van der Waals surface area (Å²) in [6.07, 6.45) is 2.39. The van der Waals surface area contributed by atoms with Crippen LogP contribution in [0.25, 0.3) is 11.0 Å². The van der Waals surface area contributed by atoms with Crippen molar-refractivity contribution in [2.75, 3.05) is 0 Å². The lowest BCUT2D eigenvalue weighted by molar-refractivity contribution is 0.453. The smallest absolute Gasteiger partial charge is 0.167 e. The second-order valence-electron chi connectivity index (χ2n) is 2.70. The number of hydrogen-bond acceptors (Lipinski definition) is 3. The van der Waals surface area contributed by atoms with Crippen molar-refractivity contribution in [3.05, 3.63) is 23.9 Å². The molecule has 0 aliphatic heterocycles. The molecule has 0 saturated heterocycles. The minimum Gasteiger partial charge on any atom is -0.508 e. The number of phenolic OH excluding ortho intramolecular Hbond substituents is 1. The molecule has 1 aromatic heterocycles. The molecule has 3 heteroatoms. The summed E-state index contributed by atoms with van der Waals surface area (Å²) < 4.78 is 4.95. The highest BCUT2D eigenvalue weighted by molar-refractivity contribution is 5.78. The average molecular weight is 163 g/mol. The van der Waals surface area contributed by atoms with Gasteiger partial charge in [0.2, 0.25) is 0 Å². The summed E-state index contributed by atoms with van der Waals surface area (Å²) in [5.74, 6) is 0.313. The van der Waals surface area contributed by atoms with Gasteiger partial charge in [0, 0.05) is 5.39 Å². The van der Waals surface area contributed by atoms with Crippen LogP contribution in [0.3, 0.4) is 0 Å². The maximum atomic E-state index is 9.46. The van der Waals surface area contributed by atoms with Crippen LogP contribution in [-0.2, 0) is 6.42 Å². The predicted octanol–water partition coefficient (Wildman–Crippen LogP) is 2.10. The molecule has 0 fully saturated rings. The molecule has 0 amide bonds. The van der Waals surface area contributed by atoms with Gasteiger partial charge in [0.05, 0.1) is 6.20 Å². The quantitative estimate of drug-likeness (QED) is 0.700. The van der Waals surface area contributed by atoms with E-state index in [-0.39, 0.29) is 0 Å². The van der Waals surface area contributed by atoms with Gasteiger partial charge in [-0.15, -0.1) is 0 Å². The van der Waals surface area contributed by atoms with E-state index in [2.05, 4.69) is 5.16 Å². The molecule has 0 aliphatic carbocycles. The molecule has 12 heavy (non-hydrogen) atoms. The number of rotatable bonds is 1. The van der Waals surface area contributed by atoms with Crippen LogP contribution in [0.5, 0.6) is 5.75 Å². The van der Waals surface area contributed by atoms with E-state index in [1.165, 1.54) is 0 Å². The molecule has 0 aliphatic rings. The normalized spacial score (nSPS) is 10.8. The monoisotopic (exact) mass is 163 g/mol. The fourth-order valence-corrected chi connectivity index (χ4v) is 1.23. The van der Waals surface area contributed by atoms with Gasteiger partial charge in [-0.3, -0.25) is 0 Å². The SMILES string of the molecule is CCc1cc2oncc2cc1O. The Morgan fingerprint density at radius 2 is 2.33 bits per heavy atom. The Labute approximate surface area is 69.6 Å². The van der Waals surface area contributed by atoms with Gasteiger partial charge in [0.15, 0.2) is 5.58 Å². The first kappa shape index (κ1) is 7.16. The fraction of sp³-hybridized carbons (Fsp3) is 0.222. The second-order valence-corrected chi connectivity index (χ2v) is 2.70. The number of phenols is 1. The minimum absolute atomic E-state index is 0.313. The number of aromatic nitrogens is 1. The van der Waals surface area contributed by atoms with Gasteiger partial charge in [-0.1, -0.05) is 12.1 Å². The van der Waals surface area contributed by atoms with E-state index in [0.717, 1.165) is 23.0 Å². The highest BCUT2D eigenvalue weighted by atomic mass is 16.5. The van der Waals surface area contributed by atoms with Crippen LogP contribution in [0.2, 0.25) is 0 Å². The van der Waals surface area contributed by atoms with Gasteiger partial charge in [0.25, 0.3) is 0 Å². The van der Waals surface area contributed by atoms with E-state index >= 15 is 0 Å². The van der Waals surface area contributed by atoms with Crippen molar-refractivity contribution in [2.24, 2.45) is 0 Å². The molecular formula is C9H9NO2. The standard InChI is InChI=1S/C9H9NO2/c1-2-6-4-9-7(3-8(6)11)5-10-12-9/h3-5,11H,2H2,1H3. The maximum Gasteiger partial charge on any atom is 0.167 e. The Hall–Kier alpha value is -1.51. The van der Waals surface area contributed by atoms with E-state index in [1.807, 2.05) is 13.0 Å². The number of aromatic hydroxyl groups is 1. The van der Waals surface area contributed by atoms with Gasteiger partial charge in [-0.25, -0.2) is 0 Å². The third-order valence-corrected chi connectivity index (χ3v) is 1.93. The second kappa shape index (κ2) is 2.52. The fourth-order valence-electron chi connectivity index (χ4n) is 1.23. The summed E-state index contributed by atoms with van der Waals surface area (Å²) >= 11 is 0. The average Bonchev–Trinajstić information content (AvgIpc) is 2.49. The largest absolute Gasteiger partial charge is 0.508 e. The van der Waals surface area contributed by atoms with E-state index in [0.29, 0.717) is 5.75 Å². The number of aryl methyl sites for hydroxylation is 1.